The zero-order valence-electron chi connectivity index (χ0n) is 12.5. The summed E-state index contributed by atoms with van der Waals surface area (Å²) in [6.07, 6.45) is 2.70. The van der Waals surface area contributed by atoms with Gasteiger partial charge >= 0.3 is 5.97 Å². The minimum absolute atomic E-state index is 0.219. The van der Waals surface area contributed by atoms with Gasteiger partial charge in [-0.2, -0.15) is 15.0 Å². The maximum absolute atomic E-state index is 11.1. The van der Waals surface area contributed by atoms with Gasteiger partial charge in [-0.1, -0.05) is 11.8 Å². The highest BCUT2D eigenvalue weighted by Gasteiger charge is 2.17. The van der Waals surface area contributed by atoms with Crippen molar-refractivity contribution in [2.24, 2.45) is 0 Å². The molecule has 2 heterocycles. The van der Waals surface area contributed by atoms with E-state index in [9.17, 15) is 4.79 Å². The molecule has 0 saturated carbocycles. The average molecular weight is 311 g/mol. The molecule has 0 atom stereocenters. The zero-order valence-corrected chi connectivity index (χ0v) is 13.3. The second-order valence-electron chi connectivity index (χ2n) is 4.64. The average Bonchev–Trinajstić information content (AvgIpc) is 3.01. The van der Waals surface area contributed by atoms with Crippen molar-refractivity contribution >= 4 is 29.6 Å². The quantitative estimate of drug-likeness (QED) is 0.600. The molecule has 1 aliphatic heterocycles. The van der Waals surface area contributed by atoms with Crippen molar-refractivity contribution in [3.8, 4) is 0 Å². The van der Waals surface area contributed by atoms with Crippen LogP contribution in [0.25, 0.3) is 0 Å². The van der Waals surface area contributed by atoms with Crippen LogP contribution in [0.2, 0.25) is 0 Å². The molecular formula is C13H21N5O2S. The van der Waals surface area contributed by atoms with E-state index in [1.54, 1.807) is 0 Å². The van der Waals surface area contributed by atoms with E-state index in [2.05, 4.69) is 29.9 Å². The Hall–Kier alpha value is -1.57. The Morgan fingerprint density at radius 3 is 2.76 bits per heavy atom. The molecule has 0 bridgehead atoms. The second kappa shape index (κ2) is 8.02. The maximum Gasteiger partial charge on any atom is 0.306 e. The third-order valence-electron chi connectivity index (χ3n) is 3.09. The predicted octanol–water partition coefficient (Wildman–Crippen LogP) is 1.56. The highest BCUT2D eigenvalue weighted by molar-refractivity contribution is 7.99. The number of anilines is 2. The smallest absolute Gasteiger partial charge is 0.306 e. The number of nitrogens with one attached hydrogen (secondary N) is 1. The molecule has 1 aromatic heterocycles. The summed E-state index contributed by atoms with van der Waals surface area (Å²) in [5, 5.41) is 3.77. The van der Waals surface area contributed by atoms with Crippen LogP contribution in [0.4, 0.5) is 11.9 Å². The number of esters is 1. The summed E-state index contributed by atoms with van der Waals surface area (Å²) in [7, 11) is 1.39. The van der Waals surface area contributed by atoms with Gasteiger partial charge < -0.3 is 15.0 Å². The van der Waals surface area contributed by atoms with E-state index in [0.29, 0.717) is 23.3 Å². The van der Waals surface area contributed by atoms with Crippen molar-refractivity contribution in [3.63, 3.8) is 0 Å². The van der Waals surface area contributed by atoms with Crippen LogP contribution in [0.15, 0.2) is 5.16 Å². The molecule has 1 fully saturated rings. The topological polar surface area (TPSA) is 80.2 Å². The summed E-state index contributed by atoms with van der Waals surface area (Å²) >= 11 is 1.45. The van der Waals surface area contributed by atoms with Crippen molar-refractivity contribution in [1.82, 2.24) is 15.0 Å². The number of hydrogen-bond donors (Lipinski definition) is 1. The van der Waals surface area contributed by atoms with Crippen LogP contribution in [-0.2, 0) is 9.53 Å². The fraction of sp³-hybridized carbons (Fsp3) is 0.692. The van der Waals surface area contributed by atoms with Crippen molar-refractivity contribution in [3.05, 3.63) is 0 Å². The molecule has 0 radical (unpaired) electrons. The van der Waals surface area contributed by atoms with Gasteiger partial charge in [0.05, 0.1) is 13.5 Å². The van der Waals surface area contributed by atoms with Gasteiger partial charge in [-0.3, -0.25) is 4.79 Å². The SMILES string of the molecule is CCNc1nc(SCCC(=O)OC)nc(N2CCCC2)n1. The Labute approximate surface area is 128 Å². The molecule has 1 aromatic rings. The van der Waals surface area contributed by atoms with Gasteiger partial charge in [0, 0.05) is 25.4 Å². The van der Waals surface area contributed by atoms with Crippen LogP contribution in [0.5, 0.6) is 0 Å². The minimum Gasteiger partial charge on any atom is -0.469 e. The van der Waals surface area contributed by atoms with Crippen LogP contribution in [0.3, 0.4) is 0 Å². The number of nitrogens with zero attached hydrogens (tertiary/aromatic N) is 4. The standard InChI is InChI=1S/C13H21N5O2S/c1-3-14-11-15-12(18-7-4-5-8-18)17-13(16-11)21-9-6-10(19)20-2/h3-9H2,1-2H3,(H,14,15,16,17). The van der Waals surface area contributed by atoms with Gasteiger partial charge in [0.15, 0.2) is 5.16 Å². The number of carbonyl (C=O) groups excluding carboxylic acids is 1. The van der Waals surface area contributed by atoms with Crippen LogP contribution in [-0.4, -0.2) is 53.4 Å². The third kappa shape index (κ3) is 4.73. The molecule has 2 rings (SSSR count). The molecule has 1 aliphatic rings. The first-order chi connectivity index (χ1) is 10.2. The Balaban J connectivity index is 2.05. The van der Waals surface area contributed by atoms with Crippen molar-refractivity contribution in [2.45, 2.75) is 31.3 Å². The molecule has 0 aromatic carbocycles. The normalized spacial score (nSPS) is 14.3. The number of ether oxygens (including phenoxy) is 1. The van der Waals surface area contributed by atoms with Gasteiger partial charge in [-0.05, 0) is 19.8 Å². The van der Waals surface area contributed by atoms with E-state index in [1.165, 1.54) is 31.7 Å². The molecule has 21 heavy (non-hydrogen) atoms. The lowest BCUT2D eigenvalue weighted by Crippen LogP contribution is -2.22. The first kappa shape index (κ1) is 15.8. The van der Waals surface area contributed by atoms with Crippen molar-refractivity contribution < 1.29 is 9.53 Å². The summed E-state index contributed by atoms with van der Waals surface area (Å²) in [5.74, 6) is 1.69. The van der Waals surface area contributed by atoms with E-state index < -0.39 is 0 Å². The van der Waals surface area contributed by atoms with E-state index >= 15 is 0 Å². The lowest BCUT2D eigenvalue weighted by atomic mass is 10.4. The summed E-state index contributed by atoms with van der Waals surface area (Å²) in [5.41, 5.74) is 0. The van der Waals surface area contributed by atoms with E-state index in [1.807, 2.05) is 6.92 Å². The molecule has 8 heteroatoms. The highest BCUT2D eigenvalue weighted by atomic mass is 32.2. The van der Waals surface area contributed by atoms with Gasteiger partial charge in [-0.15, -0.1) is 0 Å². The Kier molecular flexibility index (Phi) is 6.04. The third-order valence-corrected chi connectivity index (χ3v) is 3.94. The molecule has 7 nitrogen and oxygen atoms in total. The molecule has 1 saturated heterocycles. The first-order valence-electron chi connectivity index (χ1n) is 7.17. The van der Waals surface area contributed by atoms with Crippen LogP contribution < -0.4 is 10.2 Å². The number of rotatable bonds is 7. The summed E-state index contributed by atoms with van der Waals surface area (Å²) < 4.78 is 4.63. The zero-order chi connectivity index (χ0) is 15.1. The minimum atomic E-state index is -0.219. The molecule has 1 N–H and O–H groups in total. The molecule has 0 amide bonds. The predicted molar refractivity (Wildman–Crippen MR) is 82.8 cm³/mol. The summed E-state index contributed by atoms with van der Waals surface area (Å²) in [4.78, 5) is 26.6. The Bertz CT molecular complexity index is 480. The van der Waals surface area contributed by atoms with E-state index in [4.69, 9.17) is 0 Å². The van der Waals surface area contributed by atoms with Gasteiger partial charge in [0.2, 0.25) is 11.9 Å². The number of hydrogen-bond acceptors (Lipinski definition) is 8. The fourth-order valence-corrected chi connectivity index (χ4v) is 2.78. The Morgan fingerprint density at radius 1 is 1.33 bits per heavy atom. The fourth-order valence-electron chi connectivity index (χ4n) is 2.03. The number of thioether (sulfide) groups is 1. The maximum atomic E-state index is 11.1. The van der Waals surface area contributed by atoms with Crippen LogP contribution >= 0.6 is 11.8 Å². The lowest BCUT2D eigenvalue weighted by molar-refractivity contribution is -0.140. The first-order valence-corrected chi connectivity index (χ1v) is 8.16. The number of aromatic nitrogens is 3. The van der Waals surface area contributed by atoms with Gasteiger partial charge in [0.1, 0.15) is 0 Å². The largest absolute Gasteiger partial charge is 0.469 e. The lowest BCUT2D eigenvalue weighted by Gasteiger charge is -2.16. The molecule has 0 aliphatic carbocycles. The van der Waals surface area contributed by atoms with E-state index in [-0.39, 0.29) is 5.97 Å². The molecule has 0 unspecified atom stereocenters. The Morgan fingerprint density at radius 2 is 2.10 bits per heavy atom. The molecular weight excluding hydrogens is 290 g/mol. The van der Waals surface area contributed by atoms with Crippen molar-refractivity contribution in [1.29, 1.82) is 0 Å². The summed E-state index contributed by atoms with van der Waals surface area (Å²) in [6, 6.07) is 0. The van der Waals surface area contributed by atoms with Crippen molar-refractivity contribution in [2.75, 3.05) is 42.7 Å². The monoisotopic (exact) mass is 311 g/mol. The van der Waals surface area contributed by atoms with Gasteiger partial charge in [0.25, 0.3) is 0 Å². The number of carbonyl (C=O) groups is 1. The number of methoxy groups -OCH3 is 1. The van der Waals surface area contributed by atoms with E-state index in [0.717, 1.165) is 25.6 Å². The van der Waals surface area contributed by atoms with Gasteiger partial charge in [-0.25, -0.2) is 0 Å². The summed E-state index contributed by atoms with van der Waals surface area (Å²) in [6.45, 7) is 4.74. The van der Waals surface area contributed by atoms with Crippen LogP contribution in [0.1, 0.15) is 26.2 Å². The highest BCUT2D eigenvalue weighted by Crippen LogP contribution is 2.22. The second-order valence-corrected chi connectivity index (χ2v) is 5.70. The molecule has 116 valence electrons. The van der Waals surface area contributed by atoms with Crippen LogP contribution in [0, 0.1) is 0 Å². The molecule has 0 spiro atoms.